The van der Waals surface area contributed by atoms with Gasteiger partial charge in [-0.15, -0.1) is 0 Å². The van der Waals surface area contributed by atoms with Gasteiger partial charge in [0.15, 0.2) is 0 Å². The molecule has 3 rings (SSSR count). The van der Waals surface area contributed by atoms with E-state index in [2.05, 4.69) is 17.1 Å². The standard InChI is InChI=1S/C15H20ClFN2/c1-10-6-12(9-19(10)13-3-4-13)18-8-11-2-5-15(17)14(16)7-11/h2,5,7,10,12-13,18H,3-4,6,8-9H2,1H3. The molecule has 2 atom stereocenters. The molecular weight excluding hydrogens is 263 g/mol. The number of likely N-dealkylation sites (tertiary alicyclic amines) is 1. The topological polar surface area (TPSA) is 15.3 Å². The van der Waals surface area contributed by atoms with Gasteiger partial charge in [0.1, 0.15) is 5.82 Å². The van der Waals surface area contributed by atoms with Crippen LogP contribution in [0.5, 0.6) is 0 Å². The Morgan fingerprint density at radius 1 is 1.42 bits per heavy atom. The van der Waals surface area contributed by atoms with Crippen LogP contribution < -0.4 is 5.32 Å². The van der Waals surface area contributed by atoms with Crippen molar-refractivity contribution >= 4 is 11.6 Å². The van der Waals surface area contributed by atoms with E-state index in [0.29, 0.717) is 12.1 Å². The lowest BCUT2D eigenvalue weighted by molar-refractivity contribution is 0.255. The molecule has 0 radical (unpaired) electrons. The van der Waals surface area contributed by atoms with Crippen LogP contribution in [0.1, 0.15) is 31.7 Å². The van der Waals surface area contributed by atoms with E-state index in [1.54, 1.807) is 12.1 Å². The second-order valence-corrected chi connectivity index (χ2v) is 6.25. The summed E-state index contributed by atoms with van der Waals surface area (Å²) in [5.74, 6) is -0.347. The predicted molar refractivity (Wildman–Crippen MR) is 75.8 cm³/mol. The summed E-state index contributed by atoms with van der Waals surface area (Å²) in [6.07, 6.45) is 3.93. The minimum Gasteiger partial charge on any atom is -0.309 e. The molecule has 0 bridgehead atoms. The minimum atomic E-state index is -0.347. The van der Waals surface area contributed by atoms with Gasteiger partial charge in [0.05, 0.1) is 5.02 Å². The van der Waals surface area contributed by atoms with Crippen LogP contribution in [0.3, 0.4) is 0 Å². The lowest BCUT2D eigenvalue weighted by Gasteiger charge is -2.19. The van der Waals surface area contributed by atoms with Crippen molar-refractivity contribution in [3.8, 4) is 0 Å². The summed E-state index contributed by atoms with van der Waals surface area (Å²) in [4.78, 5) is 2.62. The van der Waals surface area contributed by atoms with Crippen molar-refractivity contribution in [3.05, 3.63) is 34.6 Å². The van der Waals surface area contributed by atoms with Crippen LogP contribution in [-0.4, -0.2) is 29.6 Å². The molecule has 1 aliphatic heterocycles. The van der Waals surface area contributed by atoms with Crippen LogP contribution in [0.15, 0.2) is 18.2 Å². The molecule has 2 fully saturated rings. The van der Waals surface area contributed by atoms with Gasteiger partial charge in [0.2, 0.25) is 0 Å². The molecule has 1 aromatic rings. The van der Waals surface area contributed by atoms with E-state index < -0.39 is 0 Å². The lowest BCUT2D eigenvalue weighted by atomic mass is 10.1. The molecule has 2 unspecified atom stereocenters. The maximum Gasteiger partial charge on any atom is 0.141 e. The van der Waals surface area contributed by atoms with Crippen molar-refractivity contribution in [1.82, 2.24) is 10.2 Å². The summed E-state index contributed by atoms with van der Waals surface area (Å²) in [6.45, 7) is 4.21. The number of rotatable bonds is 4. The highest BCUT2D eigenvalue weighted by Gasteiger charge is 2.38. The highest BCUT2D eigenvalue weighted by molar-refractivity contribution is 6.30. The van der Waals surface area contributed by atoms with Crippen LogP contribution in [-0.2, 0) is 6.54 Å². The van der Waals surface area contributed by atoms with Crippen molar-refractivity contribution in [2.75, 3.05) is 6.54 Å². The zero-order valence-corrected chi connectivity index (χ0v) is 12.0. The normalized spacial score (nSPS) is 27.9. The Hall–Kier alpha value is -0.640. The Bertz CT molecular complexity index is 461. The summed E-state index contributed by atoms with van der Waals surface area (Å²) in [5.41, 5.74) is 1.05. The Morgan fingerprint density at radius 3 is 2.89 bits per heavy atom. The summed E-state index contributed by atoms with van der Waals surface area (Å²) >= 11 is 5.79. The molecule has 1 saturated carbocycles. The summed E-state index contributed by atoms with van der Waals surface area (Å²) in [5, 5.41) is 3.77. The third-order valence-corrected chi connectivity index (χ3v) is 4.51. The van der Waals surface area contributed by atoms with Crippen molar-refractivity contribution in [2.24, 2.45) is 0 Å². The molecule has 19 heavy (non-hydrogen) atoms. The Balaban J connectivity index is 1.53. The van der Waals surface area contributed by atoms with Gasteiger partial charge in [0, 0.05) is 31.2 Å². The van der Waals surface area contributed by atoms with Crippen LogP contribution in [0, 0.1) is 5.82 Å². The molecule has 0 aromatic heterocycles. The fourth-order valence-electron chi connectivity index (χ4n) is 3.03. The van der Waals surface area contributed by atoms with E-state index in [1.165, 1.54) is 25.3 Å². The molecule has 1 heterocycles. The van der Waals surface area contributed by atoms with Crippen LogP contribution in [0.2, 0.25) is 5.02 Å². The Kier molecular flexibility index (Phi) is 3.79. The number of nitrogens with one attached hydrogen (secondary N) is 1. The Morgan fingerprint density at radius 2 is 2.21 bits per heavy atom. The first kappa shape index (κ1) is 13.3. The van der Waals surface area contributed by atoms with Gasteiger partial charge < -0.3 is 5.32 Å². The van der Waals surface area contributed by atoms with Gasteiger partial charge in [-0.25, -0.2) is 4.39 Å². The molecule has 1 aliphatic carbocycles. The second-order valence-electron chi connectivity index (χ2n) is 5.84. The molecule has 1 N–H and O–H groups in total. The van der Waals surface area contributed by atoms with Gasteiger partial charge in [0.25, 0.3) is 0 Å². The predicted octanol–water partition coefficient (Wildman–Crippen LogP) is 3.19. The van der Waals surface area contributed by atoms with Crippen LogP contribution in [0.25, 0.3) is 0 Å². The van der Waals surface area contributed by atoms with Gasteiger partial charge in [-0.2, -0.15) is 0 Å². The van der Waals surface area contributed by atoms with Crippen LogP contribution >= 0.6 is 11.6 Å². The maximum absolute atomic E-state index is 13.1. The van der Waals surface area contributed by atoms with Crippen LogP contribution in [0.4, 0.5) is 4.39 Å². The monoisotopic (exact) mass is 282 g/mol. The quantitative estimate of drug-likeness (QED) is 0.912. The number of nitrogens with zero attached hydrogens (tertiary/aromatic N) is 1. The van der Waals surface area contributed by atoms with E-state index >= 15 is 0 Å². The molecular formula is C15H20ClFN2. The van der Waals surface area contributed by atoms with E-state index in [9.17, 15) is 4.39 Å². The number of hydrogen-bond donors (Lipinski definition) is 1. The zero-order valence-electron chi connectivity index (χ0n) is 11.2. The first-order valence-corrected chi connectivity index (χ1v) is 7.44. The maximum atomic E-state index is 13.1. The first-order chi connectivity index (χ1) is 9.13. The first-order valence-electron chi connectivity index (χ1n) is 7.06. The van der Waals surface area contributed by atoms with Crippen molar-refractivity contribution in [3.63, 3.8) is 0 Å². The average Bonchev–Trinajstić information content (AvgIpc) is 3.15. The third kappa shape index (κ3) is 3.10. The molecule has 104 valence electrons. The summed E-state index contributed by atoms with van der Waals surface area (Å²) in [7, 11) is 0. The van der Waals surface area contributed by atoms with E-state index in [4.69, 9.17) is 11.6 Å². The van der Waals surface area contributed by atoms with Crippen molar-refractivity contribution in [2.45, 2.75) is 50.9 Å². The van der Waals surface area contributed by atoms with Gasteiger partial charge in [-0.1, -0.05) is 17.7 Å². The molecule has 1 aromatic carbocycles. The fourth-order valence-corrected chi connectivity index (χ4v) is 3.23. The lowest BCUT2D eigenvalue weighted by Crippen LogP contribution is -2.33. The van der Waals surface area contributed by atoms with Crippen molar-refractivity contribution < 1.29 is 4.39 Å². The fraction of sp³-hybridized carbons (Fsp3) is 0.600. The molecule has 2 nitrogen and oxygen atoms in total. The van der Waals surface area contributed by atoms with Gasteiger partial charge in [-0.3, -0.25) is 4.90 Å². The molecule has 0 spiro atoms. The number of benzene rings is 1. The average molecular weight is 283 g/mol. The second kappa shape index (κ2) is 5.39. The minimum absolute atomic E-state index is 0.207. The summed E-state index contributed by atoms with van der Waals surface area (Å²) in [6, 6.07) is 7.00. The van der Waals surface area contributed by atoms with E-state index in [1.807, 2.05) is 0 Å². The summed E-state index contributed by atoms with van der Waals surface area (Å²) < 4.78 is 13.1. The molecule has 0 amide bonds. The molecule has 4 heteroatoms. The highest BCUT2D eigenvalue weighted by atomic mass is 35.5. The molecule has 1 saturated heterocycles. The highest BCUT2D eigenvalue weighted by Crippen LogP contribution is 2.33. The van der Waals surface area contributed by atoms with Gasteiger partial charge >= 0.3 is 0 Å². The molecule has 2 aliphatic rings. The van der Waals surface area contributed by atoms with E-state index in [0.717, 1.165) is 24.7 Å². The zero-order chi connectivity index (χ0) is 13.4. The number of hydrogen-bond acceptors (Lipinski definition) is 2. The van der Waals surface area contributed by atoms with Gasteiger partial charge in [-0.05, 0) is 43.9 Å². The Labute approximate surface area is 118 Å². The van der Waals surface area contributed by atoms with E-state index in [-0.39, 0.29) is 10.8 Å². The largest absolute Gasteiger partial charge is 0.309 e. The SMILES string of the molecule is CC1CC(NCc2ccc(F)c(Cl)c2)CN1C1CC1. The smallest absolute Gasteiger partial charge is 0.141 e. The third-order valence-electron chi connectivity index (χ3n) is 4.22. The number of halogens is 2. The van der Waals surface area contributed by atoms with Crippen molar-refractivity contribution in [1.29, 1.82) is 0 Å².